The minimum atomic E-state index is -0.979. The zero-order valence-corrected chi connectivity index (χ0v) is 11.2. The summed E-state index contributed by atoms with van der Waals surface area (Å²) >= 11 is 1.47. The molecular weight excluding hydrogens is 262 g/mol. The number of carbonyl (C=O) groups is 1. The molecule has 0 spiro atoms. The Labute approximate surface area is 115 Å². The Bertz CT molecular complexity index is 604. The first-order valence-electron chi connectivity index (χ1n) is 5.79. The van der Waals surface area contributed by atoms with E-state index < -0.39 is 5.97 Å². The van der Waals surface area contributed by atoms with E-state index in [-0.39, 0.29) is 0 Å². The molecule has 0 fully saturated rings. The molecule has 1 aromatic carbocycles. The number of hydrogen-bond donors (Lipinski definition) is 1. The summed E-state index contributed by atoms with van der Waals surface area (Å²) in [5, 5.41) is 11.2. The molecule has 0 unspecified atom stereocenters. The van der Waals surface area contributed by atoms with Crippen LogP contribution in [-0.4, -0.2) is 22.7 Å². The van der Waals surface area contributed by atoms with E-state index in [2.05, 4.69) is 4.98 Å². The van der Waals surface area contributed by atoms with Crippen molar-refractivity contribution in [1.82, 2.24) is 4.98 Å². The molecule has 0 atom stereocenters. The smallest absolute Gasteiger partial charge is 0.328 e. The first-order chi connectivity index (χ1) is 9.19. The van der Waals surface area contributed by atoms with Gasteiger partial charge >= 0.3 is 5.97 Å². The summed E-state index contributed by atoms with van der Waals surface area (Å²) in [5.41, 5.74) is 1.61. The molecule has 1 heterocycles. The number of nitrogens with zero attached hydrogens (tertiary/aromatic N) is 1. The molecule has 19 heavy (non-hydrogen) atoms. The summed E-state index contributed by atoms with van der Waals surface area (Å²) in [5.74, 6) is -0.175. The molecule has 0 amide bonds. The SMILES string of the molecule is CCOc1cccc(-c2nc(/C=C/C(=O)O)cs2)c1. The number of thiazole rings is 1. The molecule has 0 radical (unpaired) electrons. The normalized spacial score (nSPS) is 10.8. The molecule has 0 aliphatic rings. The predicted octanol–water partition coefficient (Wildman–Crippen LogP) is 3.31. The molecule has 4 nitrogen and oxygen atoms in total. The van der Waals surface area contributed by atoms with Crippen LogP contribution in [0.1, 0.15) is 12.6 Å². The van der Waals surface area contributed by atoms with Gasteiger partial charge in [-0.05, 0) is 25.1 Å². The number of aliphatic carboxylic acids is 1. The number of ether oxygens (including phenoxy) is 1. The van der Waals surface area contributed by atoms with E-state index in [1.807, 2.05) is 36.6 Å². The van der Waals surface area contributed by atoms with Gasteiger partial charge in [0.25, 0.3) is 0 Å². The number of aromatic nitrogens is 1. The first-order valence-corrected chi connectivity index (χ1v) is 6.67. The Morgan fingerprint density at radius 1 is 1.53 bits per heavy atom. The van der Waals surface area contributed by atoms with Crippen LogP contribution in [0.5, 0.6) is 5.75 Å². The number of carboxylic acid groups (broad SMARTS) is 1. The lowest BCUT2D eigenvalue weighted by Gasteiger charge is -2.03. The van der Waals surface area contributed by atoms with Gasteiger partial charge in [-0.2, -0.15) is 0 Å². The summed E-state index contributed by atoms with van der Waals surface area (Å²) in [6.45, 7) is 2.55. The van der Waals surface area contributed by atoms with Crippen LogP contribution in [0.2, 0.25) is 0 Å². The molecule has 0 bridgehead atoms. The van der Waals surface area contributed by atoms with E-state index in [1.165, 1.54) is 17.4 Å². The number of hydrogen-bond acceptors (Lipinski definition) is 4. The molecule has 0 saturated heterocycles. The van der Waals surface area contributed by atoms with Crippen molar-refractivity contribution in [1.29, 1.82) is 0 Å². The molecule has 2 aromatic rings. The van der Waals surface area contributed by atoms with Gasteiger partial charge in [-0.3, -0.25) is 0 Å². The van der Waals surface area contributed by atoms with Gasteiger partial charge in [0.1, 0.15) is 10.8 Å². The van der Waals surface area contributed by atoms with Crippen LogP contribution < -0.4 is 4.74 Å². The standard InChI is InChI=1S/C14H13NO3S/c1-2-18-12-5-3-4-10(8-12)14-15-11(9-19-14)6-7-13(16)17/h3-9H,2H2,1H3,(H,16,17)/b7-6+. The summed E-state index contributed by atoms with van der Waals surface area (Å²) in [7, 11) is 0. The van der Waals surface area contributed by atoms with E-state index in [1.54, 1.807) is 0 Å². The van der Waals surface area contributed by atoms with Gasteiger partial charge in [-0.25, -0.2) is 9.78 Å². The van der Waals surface area contributed by atoms with Crippen molar-refractivity contribution in [2.24, 2.45) is 0 Å². The van der Waals surface area contributed by atoms with Gasteiger partial charge in [0.2, 0.25) is 0 Å². The molecule has 5 heteroatoms. The van der Waals surface area contributed by atoms with Crippen molar-refractivity contribution < 1.29 is 14.6 Å². The minimum absolute atomic E-state index is 0.619. The van der Waals surface area contributed by atoms with Crippen molar-refractivity contribution in [3.05, 3.63) is 41.4 Å². The predicted molar refractivity (Wildman–Crippen MR) is 75.4 cm³/mol. The van der Waals surface area contributed by atoms with Crippen molar-refractivity contribution in [2.45, 2.75) is 6.92 Å². The van der Waals surface area contributed by atoms with Crippen molar-refractivity contribution >= 4 is 23.4 Å². The number of rotatable bonds is 5. The molecule has 1 aromatic heterocycles. The second-order valence-electron chi connectivity index (χ2n) is 3.71. The monoisotopic (exact) mass is 275 g/mol. The molecule has 0 aliphatic carbocycles. The highest BCUT2D eigenvalue weighted by Crippen LogP contribution is 2.27. The topological polar surface area (TPSA) is 59.4 Å². The van der Waals surface area contributed by atoms with E-state index in [4.69, 9.17) is 9.84 Å². The number of benzene rings is 1. The average Bonchev–Trinajstić information content (AvgIpc) is 2.86. The second-order valence-corrected chi connectivity index (χ2v) is 4.57. The van der Waals surface area contributed by atoms with Crippen LogP contribution in [0.15, 0.2) is 35.7 Å². The minimum Gasteiger partial charge on any atom is -0.494 e. The Kier molecular flexibility index (Phi) is 4.30. The van der Waals surface area contributed by atoms with Crippen LogP contribution >= 0.6 is 11.3 Å². The van der Waals surface area contributed by atoms with Gasteiger partial charge < -0.3 is 9.84 Å². The Morgan fingerprint density at radius 3 is 3.11 bits per heavy atom. The Morgan fingerprint density at radius 2 is 2.37 bits per heavy atom. The second kappa shape index (κ2) is 6.15. The van der Waals surface area contributed by atoms with Crippen LogP contribution in [0.25, 0.3) is 16.6 Å². The Hall–Kier alpha value is -2.14. The molecule has 2 rings (SSSR count). The average molecular weight is 275 g/mol. The van der Waals surface area contributed by atoms with Crippen molar-refractivity contribution in [3.63, 3.8) is 0 Å². The molecule has 0 saturated carbocycles. The summed E-state index contributed by atoms with van der Waals surface area (Å²) in [6.07, 6.45) is 2.56. The van der Waals surface area contributed by atoms with E-state index in [9.17, 15) is 4.79 Å². The number of carboxylic acids is 1. The van der Waals surface area contributed by atoms with E-state index in [0.717, 1.165) is 22.4 Å². The van der Waals surface area contributed by atoms with Gasteiger partial charge in [-0.1, -0.05) is 12.1 Å². The fraction of sp³-hybridized carbons (Fsp3) is 0.143. The lowest BCUT2D eigenvalue weighted by atomic mass is 10.2. The zero-order chi connectivity index (χ0) is 13.7. The third-order valence-electron chi connectivity index (χ3n) is 2.31. The maximum absolute atomic E-state index is 10.4. The fourth-order valence-corrected chi connectivity index (χ4v) is 2.32. The van der Waals surface area contributed by atoms with Gasteiger partial charge in [0, 0.05) is 17.0 Å². The molecule has 0 aliphatic heterocycles. The summed E-state index contributed by atoms with van der Waals surface area (Å²) in [6, 6.07) is 7.68. The van der Waals surface area contributed by atoms with Crippen molar-refractivity contribution in [2.75, 3.05) is 6.61 Å². The summed E-state index contributed by atoms with van der Waals surface area (Å²) in [4.78, 5) is 14.8. The highest BCUT2D eigenvalue weighted by Gasteiger charge is 2.04. The van der Waals surface area contributed by atoms with Crippen molar-refractivity contribution in [3.8, 4) is 16.3 Å². The molecule has 1 N–H and O–H groups in total. The molecular formula is C14H13NO3S. The molecule has 98 valence electrons. The van der Waals surface area contributed by atoms with Crippen LogP contribution in [-0.2, 0) is 4.79 Å². The highest BCUT2D eigenvalue weighted by atomic mass is 32.1. The first kappa shape index (κ1) is 13.3. The quantitative estimate of drug-likeness (QED) is 0.850. The van der Waals surface area contributed by atoms with E-state index in [0.29, 0.717) is 12.3 Å². The van der Waals surface area contributed by atoms with Crippen LogP contribution in [0.3, 0.4) is 0 Å². The van der Waals surface area contributed by atoms with Gasteiger partial charge in [0.05, 0.1) is 12.3 Å². The maximum atomic E-state index is 10.4. The van der Waals surface area contributed by atoms with E-state index >= 15 is 0 Å². The maximum Gasteiger partial charge on any atom is 0.328 e. The zero-order valence-electron chi connectivity index (χ0n) is 10.4. The fourth-order valence-electron chi connectivity index (χ4n) is 1.54. The van der Waals surface area contributed by atoms with Crippen LogP contribution in [0, 0.1) is 0 Å². The van der Waals surface area contributed by atoms with Crippen LogP contribution in [0.4, 0.5) is 0 Å². The largest absolute Gasteiger partial charge is 0.494 e. The third-order valence-corrected chi connectivity index (χ3v) is 3.22. The van der Waals surface area contributed by atoms with Gasteiger partial charge in [0.15, 0.2) is 0 Å². The highest BCUT2D eigenvalue weighted by molar-refractivity contribution is 7.13. The Balaban J connectivity index is 2.22. The lowest BCUT2D eigenvalue weighted by Crippen LogP contribution is -1.91. The lowest BCUT2D eigenvalue weighted by molar-refractivity contribution is -0.131. The summed E-state index contributed by atoms with van der Waals surface area (Å²) < 4.78 is 5.44. The van der Waals surface area contributed by atoms with Gasteiger partial charge in [-0.15, -0.1) is 11.3 Å². The third kappa shape index (κ3) is 3.66.